The summed E-state index contributed by atoms with van der Waals surface area (Å²) >= 11 is 0. The molecule has 0 spiro atoms. The molecule has 0 aliphatic heterocycles. The number of Topliss-reactive ketones (excluding diaryl/α,β-unsaturated/α-hetero) is 1. The van der Waals surface area contributed by atoms with E-state index in [1.807, 2.05) is 46.8 Å². The van der Waals surface area contributed by atoms with E-state index < -0.39 is 58.2 Å². The van der Waals surface area contributed by atoms with Crippen LogP contribution in [0.2, 0.25) is 0 Å². The van der Waals surface area contributed by atoms with Gasteiger partial charge in [-0.25, -0.2) is 4.79 Å². The molecule has 0 amide bonds. The van der Waals surface area contributed by atoms with Crippen molar-refractivity contribution in [2.75, 3.05) is 0 Å². The summed E-state index contributed by atoms with van der Waals surface area (Å²) in [6, 6.07) is 0. The van der Waals surface area contributed by atoms with Crippen LogP contribution in [0.1, 0.15) is 93.9 Å². The number of esters is 2. The van der Waals surface area contributed by atoms with Gasteiger partial charge < -0.3 is 14.6 Å². The largest absolute Gasteiger partial charge is 0.478 e. The summed E-state index contributed by atoms with van der Waals surface area (Å²) < 4.78 is 11.8. The van der Waals surface area contributed by atoms with E-state index in [2.05, 4.69) is 6.92 Å². The Labute approximate surface area is 249 Å². The predicted molar refractivity (Wildman–Crippen MR) is 156 cm³/mol. The first-order chi connectivity index (χ1) is 19.5. The number of fused-ring (bicyclic) bond motifs is 5. The van der Waals surface area contributed by atoms with Crippen molar-refractivity contribution in [1.82, 2.24) is 0 Å². The molecule has 2 unspecified atom stereocenters. The number of ketones is 2. The molecule has 42 heavy (non-hydrogen) atoms. The van der Waals surface area contributed by atoms with Gasteiger partial charge in [-0.05, 0) is 80.3 Å². The zero-order valence-corrected chi connectivity index (χ0v) is 26.2. The molecule has 1 N–H and O–H groups in total. The van der Waals surface area contributed by atoms with Crippen molar-refractivity contribution in [2.24, 2.45) is 39.9 Å². The summed E-state index contributed by atoms with van der Waals surface area (Å²) in [4.78, 5) is 65.5. The van der Waals surface area contributed by atoms with E-state index >= 15 is 0 Å². The molecular weight excluding hydrogens is 536 g/mol. The summed E-state index contributed by atoms with van der Waals surface area (Å²) in [5.74, 6) is -3.87. The summed E-state index contributed by atoms with van der Waals surface area (Å²) in [5, 5.41) is 10.4. The number of allylic oxidation sites excluding steroid dienone is 4. The van der Waals surface area contributed by atoms with Crippen molar-refractivity contribution in [3.63, 3.8) is 0 Å². The number of rotatable bonds is 7. The molecule has 9 atom stereocenters. The highest BCUT2D eigenvalue weighted by atomic mass is 16.6. The average Bonchev–Trinajstić information content (AvgIpc) is 3.18. The highest BCUT2D eigenvalue weighted by molar-refractivity contribution is 5.98. The number of ether oxygens (including phenoxy) is 2. The van der Waals surface area contributed by atoms with Crippen molar-refractivity contribution in [1.29, 1.82) is 0 Å². The Morgan fingerprint density at radius 3 is 2.31 bits per heavy atom. The first-order valence-corrected chi connectivity index (χ1v) is 15.3. The smallest absolute Gasteiger partial charge is 0.331 e. The van der Waals surface area contributed by atoms with Gasteiger partial charge in [-0.15, -0.1) is 0 Å². The van der Waals surface area contributed by atoms with E-state index in [1.165, 1.54) is 6.92 Å². The average molecular weight is 583 g/mol. The number of carboxylic acids is 1. The van der Waals surface area contributed by atoms with Gasteiger partial charge in [0.1, 0.15) is 6.10 Å². The summed E-state index contributed by atoms with van der Waals surface area (Å²) in [6.45, 7) is 14.7. The maximum atomic E-state index is 14.9. The van der Waals surface area contributed by atoms with Crippen LogP contribution >= 0.6 is 0 Å². The molecular formula is C34H46O8. The minimum absolute atomic E-state index is 0.0882. The minimum atomic E-state index is -1.11. The second kappa shape index (κ2) is 11.2. The van der Waals surface area contributed by atoms with Gasteiger partial charge in [0, 0.05) is 36.2 Å². The van der Waals surface area contributed by atoms with Gasteiger partial charge >= 0.3 is 17.9 Å². The fourth-order valence-corrected chi connectivity index (χ4v) is 9.24. The van der Waals surface area contributed by atoms with Gasteiger partial charge in [0.25, 0.3) is 0 Å². The van der Waals surface area contributed by atoms with Gasteiger partial charge in [-0.2, -0.15) is 0 Å². The third kappa shape index (κ3) is 4.79. The number of hydrogen-bond acceptors (Lipinski definition) is 7. The Morgan fingerprint density at radius 2 is 1.74 bits per heavy atom. The molecule has 0 aromatic rings. The molecule has 3 saturated carbocycles. The molecule has 0 bridgehead atoms. The first kappa shape index (κ1) is 31.9. The molecule has 4 aliphatic carbocycles. The van der Waals surface area contributed by atoms with Crippen LogP contribution in [0, 0.1) is 39.9 Å². The number of carbonyl (C=O) groups is 5. The number of carbonyl (C=O) groups excluding carboxylic acids is 4. The van der Waals surface area contributed by atoms with Crippen LogP contribution in [0.15, 0.2) is 34.9 Å². The van der Waals surface area contributed by atoms with Gasteiger partial charge in [-0.1, -0.05) is 52.3 Å². The predicted octanol–water partition coefficient (Wildman–Crippen LogP) is 5.79. The van der Waals surface area contributed by atoms with Crippen LogP contribution in [-0.4, -0.2) is 46.8 Å². The standard InChI is InChI=1S/C34H46O8/c1-9-26(37)42-29-28-19(4)23(36)15-16-32(28,6)25-14-13-22-27(21(31(39)40)12-10-11-18(2)3)24(41-20(5)35)17-33(22,7)34(25,8)30(29)38/h11,15-16,19,22,24-25,28-29H,9-10,12-14,17H2,1-8H3,(H,39,40)/b27-21-/t19-,22+,24+,25?,28?,29+,32-,33+,34-/m1/s1. The van der Waals surface area contributed by atoms with E-state index in [9.17, 15) is 29.1 Å². The monoisotopic (exact) mass is 582 g/mol. The molecule has 4 rings (SSSR count). The van der Waals surface area contributed by atoms with Gasteiger partial charge in [-0.3, -0.25) is 19.2 Å². The lowest BCUT2D eigenvalue weighted by Gasteiger charge is -2.66. The Balaban J connectivity index is 1.93. The highest BCUT2D eigenvalue weighted by Gasteiger charge is 2.74. The summed E-state index contributed by atoms with van der Waals surface area (Å²) in [7, 11) is 0. The van der Waals surface area contributed by atoms with Crippen LogP contribution in [-0.2, 0) is 33.4 Å². The summed E-state index contributed by atoms with van der Waals surface area (Å²) in [5.41, 5.74) is -0.524. The van der Waals surface area contributed by atoms with Crippen LogP contribution in [0.3, 0.4) is 0 Å². The Hall–Kier alpha value is -3.03. The van der Waals surface area contributed by atoms with Crippen LogP contribution in [0.5, 0.6) is 0 Å². The molecule has 8 heteroatoms. The Bertz CT molecular complexity index is 1280. The maximum absolute atomic E-state index is 14.9. The molecule has 0 aromatic heterocycles. The fraction of sp³-hybridized carbons (Fsp3) is 0.676. The van der Waals surface area contributed by atoms with Gasteiger partial charge in [0.15, 0.2) is 17.7 Å². The van der Waals surface area contributed by atoms with Gasteiger partial charge in [0.2, 0.25) is 0 Å². The second-order valence-electron chi connectivity index (χ2n) is 13.7. The van der Waals surface area contributed by atoms with Gasteiger partial charge in [0.05, 0.1) is 0 Å². The Morgan fingerprint density at radius 1 is 1.07 bits per heavy atom. The lowest BCUT2D eigenvalue weighted by atomic mass is 9.37. The minimum Gasteiger partial charge on any atom is -0.478 e. The normalized spacial score (nSPS) is 39.9. The maximum Gasteiger partial charge on any atom is 0.331 e. The molecule has 230 valence electrons. The van der Waals surface area contributed by atoms with Crippen molar-refractivity contribution in [3.05, 3.63) is 34.9 Å². The van der Waals surface area contributed by atoms with Crippen LogP contribution in [0.25, 0.3) is 0 Å². The van der Waals surface area contributed by atoms with E-state index in [-0.39, 0.29) is 48.2 Å². The van der Waals surface area contributed by atoms with Crippen molar-refractivity contribution in [2.45, 2.75) is 106 Å². The zero-order chi connectivity index (χ0) is 31.4. The number of carboxylic acid groups (broad SMARTS) is 1. The Kier molecular flexibility index (Phi) is 8.53. The quantitative estimate of drug-likeness (QED) is 0.227. The van der Waals surface area contributed by atoms with E-state index in [4.69, 9.17) is 9.47 Å². The van der Waals surface area contributed by atoms with Crippen LogP contribution < -0.4 is 0 Å². The fourth-order valence-electron chi connectivity index (χ4n) is 9.24. The lowest BCUT2D eigenvalue weighted by molar-refractivity contribution is -0.208. The SMILES string of the molecule is CCC(=O)O[C@@H]1C(=O)[C@@]2(C)C(CC[C@H]3/C(=C(\CCC=C(C)C)C(=O)O)[C@@H](OC(C)=O)C[C@@]32C)[C@@]2(C)C=CC(=O)[C@@H](C)C12. The molecule has 0 heterocycles. The lowest BCUT2D eigenvalue weighted by Crippen LogP contribution is -2.69. The van der Waals surface area contributed by atoms with Crippen molar-refractivity contribution in [3.8, 4) is 0 Å². The molecule has 0 saturated heterocycles. The molecule has 0 aromatic carbocycles. The molecule has 8 nitrogen and oxygen atoms in total. The zero-order valence-electron chi connectivity index (χ0n) is 26.2. The third-order valence-corrected chi connectivity index (χ3v) is 11.3. The van der Waals surface area contributed by atoms with Crippen molar-refractivity contribution < 1.29 is 38.6 Å². The van der Waals surface area contributed by atoms with E-state index in [0.717, 1.165) is 5.57 Å². The highest BCUT2D eigenvalue weighted by Crippen LogP contribution is 2.73. The molecule has 0 radical (unpaired) electrons. The first-order valence-electron chi connectivity index (χ1n) is 15.3. The molecule has 4 aliphatic rings. The second-order valence-corrected chi connectivity index (χ2v) is 13.7. The van der Waals surface area contributed by atoms with Crippen molar-refractivity contribution >= 4 is 29.5 Å². The summed E-state index contributed by atoms with van der Waals surface area (Å²) in [6.07, 6.45) is 6.08. The number of aliphatic carboxylic acids is 1. The molecule has 3 fully saturated rings. The van der Waals surface area contributed by atoms with E-state index in [1.54, 1.807) is 13.0 Å². The number of hydrogen-bond donors (Lipinski definition) is 1. The topological polar surface area (TPSA) is 124 Å². The van der Waals surface area contributed by atoms with Crippen LogP contribution in [0.4, 0.5) is 0 Å². The van der Waals surface area contributed by atoms with E-state index in [0.29, 0.717) is 24.8 Å². The third-order valence-electron chi connectivity index (χ3n) is 11.3.